The molecule has 0 atom stereocenters. The van der Waals surface area contributed by atoms with Gasteiger partial charge in [0.1, 0.15) is 0 Å². The Morgan fingerprint density at radius 3 is 2.41 bits per heavy atom. The van der Waals surface area contributed by atoms with Crippen molar-refractivity contribution in [1.29, 1.82) is 0 Å². The van der Waals surface area contributed by atoms with E-state index in [4.69, 9.17) is 0 Å². The van der Waals surface area contributed by atoms with E-state index in [0.29, 0.717) is 17.2 Å². The first kappa shape index (κ1) is 14.3. The molecule has 5 heteroatoms. The van der Waals surface area contributed by atoms with Crippen LogP contribution in [-0.2, 0) is 0 Å². The fraction of sp³-hybridized carbons (Fsp3) is 0.235. The molecule has 0 aliphatic heterocycles. The van der Waals surface area contributed by atoms with Crippen LogP contribution in [0.15, 0.2) is 42.7 Å². The molecule has 5 nitrogen and oxygen atoms in total. The molecular weight excluding hydrogens is 278 g/mol. The zero-order valence-corrected chi connectivity index (χ0v) is 12.3. The lowest BCUT2D eigenvalue weighted by Crippen LogP contribution is -2.25. The summed E-state index contributed by atoms with van der Waals surface area (Å²) in [5, 5.41) is 6.12. The van der Waals surface area contributed by atoms with Gasteiger partial charge in [0.05, 0.1) is 17.4 Å². The Morgan fingerprint density at radius 2 is 1.77 bits per heavy atom. The number of nitrogens with one attached hydrogen (secondary N) is 2. The maximum atomic E-state index is 12.0. The van der Waals surface area contributed by atoms with E-state index < -0.39 is 0 Å². The van der Waals surface area contributed by atoms with Gasteiger partial charge in [-0.1, -0.05) is 0 Å². The second kappa shape index (κ2) is 5.97. The molecule has 0 saturated heterocycles. The zero-order chi connectivity index (χ0) is 15.5. The quantitative estimate of drug-likeness (QED) is 0.832. The van der Waals surface area contributed by atoms with E-state index in [1.54, 1.807) is 30.6 Å². The fourth-order valence-electron chi connectivity index (χ4n) is 2.08. The number of anilines is 2. The highest BCUT2D eigenvalue weighted by atomic mass is 16.1. The van der Waals surface area contributed by atoms with Crippen molar-refractivity contribution in [2.45, 2.75) is 25.8 Å². The smallest absolute Gasteiger partial charge is 0.253 e. The van der Waals surface area contributed by atoms with Crippen LogP contribution >= 0.6 is 0 Å². The second-order valence-electron chi connectivity index (χ2n) is 5.47. The standard InChI is InChI=1S/C17H17N3O2/c1-11(21)12-2-4-14(5-3-12)19-16-8-13(9-18-10-16)17(22)20-15-6-7-15/h2-5,8-10,15,19H,6-7H2,1H3,(H,20,22). The molecule has 2 aromatic rings. The minimum Gasteiger partial charge on any atom is -0.354 e. The van der Waals surface area contributed by atoms with Crippen LogP contribution in [-0.4, -0.2) is 22.7 Å². The number of pyridine rings is 1. The number of amides is 1. The van der Waals surface area contributed by atoms with Gasteiger partial charge < -0.3 is 10.6 Å². The molecule has 1 amide bonds. The average Bonchev–Trinajstić information content (AvgIpc) is 3.32. The third-order valence-electron chi connectivity index (χ3n) is 3.49. The van der Waals surface area contributed by atoms with Crippen LogP contribution in [0.3, 0.4) is 0 Å². The van der Waals surface area contributed by atoms with E-state index >= 15 is 0 Å². The van der Waals surface area contributed by atoms with Crippen LogP contribution < -0.4 is 10.6 Å². The monoisotopic (exact) mass is 295 g/mol. The zero-order valence-electron chi connectivity index (χ0n) is 12.3. The van der Waals surface area contributed by atoms with Crippen LogP contribution in [0.25, 0.3) is 0 Å². The highest BCUT2D eigenvalue weighted by Gasteiger charge is 2.23. The molecule has 1 aliphatic carbocycles. The summed E-state index contributed by atoms with van der Waals surface area (Å²) in [6, 6.07) is 9.28. The summed E-state index contributed by atoms with van der Waals surface area (Å²) in [6.45, 7) is 1.54. The number of nitrogens with zero attached hydrogens (tertiary/aromatic N) is 1. The van der Waals surface area contributed by atoms with Gasteiger partial charge in [-0.15, -0.1) is 0 Å². The van der Waals surface area contributed by atoms with E-state index in [9.17, 15) is 9.59 Å². The van der Waals surface area contributed by atoms with Gasteiger partial charge in [0, 0.05) is 23.5 Å². The summed E-state index contributed by atoms with van der Waals surface area (Å²) in [4.78, 5) is 27.4. The number of carbonyl (C=O) groups excluding carboxylic acids is 2. The number of hydrogen-bond donors (Lipinski definition) is 2. The summed E-state index contributed by atoms with van der Waals surface area (Å²) in [5.41, 5.74) is 2.78. The van der Waals surface area contributed by atoms with Gasteiger partial charge in [-0.2, -0.15) is 0 Å². The highest BCUT2D eigenvalue weighted by molar-refractivity contribution is 5.95. The summed E-state index contributed by atoms with van der Waals surface area (Å²) < 4.78 is 0. The van der Waals surface area contributed by atoms with Crippen molar-refractivity contribution in [2.24, 2.45) is 0 Å². The van der Waals surface area contributed by atoms with Gasteiger partial charge in [0.15, 0.2) is 5.78 Å². The van der Waals surface area contributed by atoms with Crippen molar-refractivity contribution in [3.05, 3.63) is 53.9 Å². The maximum Gasteiger partial charge on any atom is 0.253 e. The maximum absolute atomic E-state index is 12.0. The van der Waals surface area contributed by atoms with E-state index in [1.807, 2.05) is 12.1 Å². The summed E-state index contributed by atoms with van der Waals surface area (Å²) in [5.74, 6) is -0.0578. The third kappa shape index (κ3) is 3.49. The highest BCUT2D eigenvalue weighted by Crippen LogP contribution is 2.21. The molecule has 0 radical (unpaired) electrons. The molecule has 2 N–H and O–H groups in total. The van der Waals surface area contributed by atoms with E-state index in [2.05, 4.69) is 15.6 Å². The van der Waals surface area contributed by atoms with Crippen LogP contribution in [0, 0.1) is 0 Å². The van der Waals surface area contributed by atoms with Crippen molar-refractivity contribution in [2.75, 3.05) is 5.32 Å². The predicted octanol–water partition coefficient (Wildman–Crippen LogP) is 2.92. The molecule has 3 rings (SSSR count). The number of carbonyl (C=O) groups is 2. The summed E-state index contributed by atoms with van der Waals surface area (Å²) >= 11 is 0. The lowest BCUT2D eigenvalue weighted by molar-refractivity contribution is 0.0949. The molecule has 1 aliphatic rings. The molecule has 1 saturated carbocycles. The van der Waals surface area contributed by atoms with Gasteiger partial charge in [-0.25, -0.2) is 0 Å². The Hall–Kier alpha value is -2.69. The molecular formula is C17H17N3O2. The Balaban J connectivity index is 1.71. The topological polar surface area (TPSA) is 71.1 Å². The number of ketones is 1. The van der Waals surface area contributed by atoms with E-state index in [1.165, 1.54) is 6.92 Å². The van der Waals surface area contributed by atoms with Gasteiger partial charge in [-0.3, -0.25) is 14.6 Å². The lowest BCUT2D eigenvalue weighted by Gasteiger charge is -2.08. The fourth-order valence-corrected chi connectivity index (χ4v) is 2.08. The second-order valence-corrected chi connectivity index (χ2v) is 5.47. The third-order valence-corrected chi connectivity index (χ3v) is 3.49. The number of benzene rings is 1. The first-order valence-electron chi connectivity index (χ1n) is 7.26. The summed E-state index contributed by atoms with van der Waals surface area (Å²) in [6.07, 6.45) is 5.33. The van der Waals surface area contributed by atoms with Gasteiger partial charge in [0.2, 0.25) is 0 Å². The van der Waals surface area contributed by atoms with Crippen LogP contribution in [0.1, 0.15) is 40.5 Å². The van der Waals surface area contributed by atoms with Crippen LogP contribution in [0.4, 0.5) is 11.4 Å². The summed E-state index contributed by atoms with van der Waals surface area (Å²) in [7, 11) is 0. The van der Waals surface area contributed by atoms with Crippen molar-refractivity contribution >= 4 is 23.1 Å². The normalized spacial score (nSPS) is 13.5. The van der Waals surface area contributed by atoms with E-state index in [-0.39, 0.29) is 11.7 Å². The van der Waals surface area contributed by atoms with Crippen molar-refractivity contribution in [3.63, 3.8) is 0 Å². The molecule has 1 aromatic carbocycles. The van der Waals surface area contributed by atoms with Gasteiger partial charge in [-0.05, 0) is 50.1 Å². The molecule has 1 aromatic heterocycles. The lowest BCUT2D eigenvalue weighted by atomic mass is 10.1. The number of rotatable bonds is 5. The number of hydrogen-bond acceptors (Lipinski definition) is 4. The van der Waals surface area contributed by atoms with Crippen molar-refractivity contribution in [1.82, 2.24) is 10.3 Å². The van der Waals surface area contributed by atoms with Crippen molar-refractivity contribution in [3.8, 4) is 0 Å². The number of aromatic nitrogens is 1. The van der Waals surface area contributed by atoms with Crippen LogP contribution in [0.5, 0.6) is 0 Å². The Labute approximate surface area is 128 Å². The Morgan fingerprint density at radius 1 is 1.05 bits per heavy atom. The average molecular weight is 295 g/mol. The van der Waals surface area contributed by atoms with Gasteiger partial charge in [0.25, 0.3) is 5.91 Å². The minimum atomic E-state index is -0.0921. The first-order valence-corrected chi connectivity index (χ1v) is 7.26. The predicted molar refractivity (Wildman–Crippen MR) is 84.5 cm³/mol. The largest absolute Gasteiger partial charge is 0.354 e. The molecule has 22 heavy (non-hydrogen) atoms. The van der Waals surface area contributed by atoms with Crippen molar-refractivity contribution < 1.29 is 9.59 Å². The molecule has 112 valence electrons. The SMILES string of the molecule is CC(=O)c1ccc(Nc2cncc(C(=O)NC3CC3)c2)cc1. The Kier molecular flexibility index (Phi) is 3.87. The molecule has 1 heterocycles. The molecule has 1 fully saturated rings. The minimum absolute atomic E-state index is 0.0342. The van der Waals surface area contributed by atoms with Crippen LogP contribution in [0.2, 0.25) is 0 Å². The molecule has 0 unspecified atom stereocenters. The first-order chi connectivity index (χ1) is 10.6. The Bertz CT molecular complexity index is 706. The number of Topliss-reactive ketones (excluding diaryl/α,β-unsaturated/α-hetero) is 1. The van der Waals surface area contributed by atoms with E-state index in [0.717, 1.165) is 24.2 Å². The molecule has 0 bridgehead atoms. The van der Waals surface area contributed by atoms with Gasteiger partial charge >= 0.3 is 0 Å². The molecule has 0 spiro atoms.